The van der Waals surface area contributed by atoms with Gasteiger partial charge < -0.3 is 31.3 Å². The van der Waals surface area contributed by atoms with Crippen molar-refractivity contribution in [2.75, 3.05) is 39.3 Å². The zero-order valence-corrected chi connectivity index (χ0v) is 31.3. The van der Waals surface area contributed by atoms with Crippen LogP contribution in [0.4, 0.5) is 13.2 Å². The van der Waals surface area contributed by atoms with Crippen LogP contribution in [0.2, 0.25) is 0 Å². The Morgan fingerprint density at radius 1 is 0.589 bits per heavy atom. The average molecular weight is 781 g/mol. The number of rotatable bonds is 19. The van der Waals surface area contributed by atoms with Crippen LogP contribution in [0.15, 0.2) is 54.6 Å². The predicted octanol–water partition coefficient (Wildman–Crippen LogP) is 4.80. The lowest BCUT2D eigenvalue weighted by molar-refractivity contribution is -0.185. The van der Waals surface area contributed by atoms with Crippen molar-refractivity contribution < 1.29 is 47.7 Å². The highest BCUT2D eigenvalue weighted by atomic mass is 19.1. The van der Waals surface area contributed by atoms with Crippen molar-refractivity contribution in [3.05, 3.63) is 105 Å². The summed E-state index contributed by atoms with van der Waals surface area (Å²) < 4.78 is 46.0. The molecule has 6 rings (SSSR count). The zero-order valence-electron chi connectivity index (χ0n) is 31.3. The van der Waals surface area contributed by atoms with Gasteiger partial charge in [0.15, 0.2) is 0 Å². The molecule has 0 saturated carbocycles. The van der Waals surface area contributed by atoms with E-state index in [0.717, 1.165) is 25.9 Å². The van der Waals surface area contributed by atoms with E-state index in [4.69, 9.17) is 4.84 Å². The van der Waals surface area contributed by atoms with Crippen LogP contribution >= 0.6 is 0 Å². The van der Waals surface area contributed by atoms with Gasteiger partial charge in [-0.3, -0.25) is 19.2 Å². The molecule has 3 aromatic rings. The summed E-state index contributed by atoms with van der Waals surface area (Å²) in [4.78, 5) is 42.8. The largest absolute Gasteiger partial charge is 0.481 e. The molecule has 0 spiro atoms. The van der Waals surface area contributed by atoms with Crippen molar-refractivity contribution in [3.8, 4) is 0 Å². The van der Waals surface area contributed by atoms with Gasteiger partial charge in [0.2, 0.25) is 0 Å². The van der Waals surface area contributed by atoms with Crippen LogP contribution < -0.4 is 16.0 Å². The third kappa shape index (κ3) is 10.7. The lowest BCUT2D eigenvalue weighted by atomic mass is 9.85. The standard InChI is InChI=1S/C42H51F3N4O7/c43-37-6-3-27(15-31(37)18-36(42(54)55)30-9-12-48-21-30)22-49(23-32-13-25(1-4-38(32)44)16-34(40(50)51)28-7-10-46-19-28)56-24-33-14-26(2-5-39(33)45)17-35(41(52)53)29-8-11-47-20-29/h1-6,13-15,28-30,34-36,46-48H,7-12,16-24H2,(H,50,51)(H,52,53)(H,54,55)/t28-,29-,30-,34-,35-,36-/m0/s1. The van der Waals surface area contributed by atoms with Crippen LogP contribution in [0.1, 0.15) is 52.6 Å². The van der Waals surface area contributed by atoms with Gasteiger partial charge in [-0.25, -0.2) is 13.2 Å². The number of nitrogens with zero attached hydrogens (tertiary/aromatic N) is 1. The molecule has 56 heavy (non-hydrogen) atoms. The minimum Gasteiger partial charge on any atom is -0.481 e. The number of aliphatic carboxylic acids is 3. The van der Waals surface area contributed by atoms with E-state index >= 15 is 13.2 Å². The molecule has 0 unspecified atom stereocenters. The number of hydrogen-bond acceptors (Lipinski definition) is 8. The van der Waals surface area contributed by atoms with Crippen LogP contribution in [0.25, 0.3) is 0 Å². The fourth-order valence-electron chi connectivity index (χ4n) is 8.50. The minimum absolute atomic E-state index is 0.0117. The highest BCUT2D eigenvalue weighted by molar-refractivity contribution is 5.72. The van der Waals surface area contributed by atoms with Crippen molar-refractivity contribution in [1.29, 1.82) is 0 Å². The molecule has 3 fully saturated rings. The van der Waals surface area contributed by atoms with Gasteiger partial charge in [-0.05, 0) is 136 Å². The average Bonchev–Trinajstić information content (AvgIpc) is 3.99. The smallest absolute Gasteiger partial charge is 0.307 e. The number of hydroxylamine groups is 2. The Bertz CT molecular complexity index is 1850. The lowest BCUT2D eigenvalue weighted by Crippen LogP contribution is -2.28. The quantitative estimate of drug-likeness (QED) is 0.0929. The van der Waals surface area contributed by atoms with Crippen LogP contribution in [-0.4, -0.2) is 77.6 Å². The Balaban J connectivity index is 1.25. The molecule has 11 nitrogen and oxygen atoms in total. The van der Waals surface area contributed by atoms with Gasteiger partial charge in [-0.2, -0.15) is 5.06 Å². The van der Waals surface area contributed by atoms with E-state index in [0.29, 0.717) is 49.3 Å². The van der Waals surface area contributed by atoms with E-state index in [1.165, 1.54) is 29.3 Å². The first-order chi connectivity index (χ1) is 26.9. The topological polar surface area (TPSA) is 160 Å². The summed E-state index contributed by atoms with van der Waals surface area (Å²) >= 11 is 0. The molecule has 0 bridgehead atoms. The monoisotopic (exact) mass is 780 g/mol. The molecular formula is C42H51F3N4O7. The van der Waals surface area contributed by atoms with Gasteiger partial charge in [0.1, 0.15) is 17.5 Å². The molecule has 0 radical (unpaired) electrons. The third-order valence-electron chi connectivity index (χ3n) is 11.7. The number of carboxylic acids is 3. The van der Waals surface area contributed by atoms with E-state index in [2.05, 4.69) is 16.0 Å². The van der Waals surface area contributed by atoms with E-state index in [1.807, 2.05) is 0 Å². The molecule has 14 heteroatoms. The molecule has 6 N–H and O–H groups in total. The molecule has 3 heterocycles. The minimum atomic E-state index is -1.00. The number of benzene rings is 3. The SMILES string of the molecule is O=C(O)[C@@H](Cc1ccc(F)c(CON(Cc2ccc(F)c(C[C@H](C(=O)O)[C@H]3CCNC3)c2)Cc2cc(C[C@H](C(=O)O)[C@H]3CCNC3)ccc2F)c1)[C@H]1CCNC1. The maximum atomic E-state index is 15.5. The Morgan fingerprint density at radius 3 is 1.46 bits per heavy atom. The molecule has 0 aliphatic carbocycles. The third-order valence-corrected chi connectivity index (χ3v) is 11.7. The van der Waals surface area contributed by atoms with E-state index in [-0.39, 0.29) is 73.4 Å². The Morgan fingerprint density at radius 2 is 1.00 bits per heavy atom. The lowest BCUT2D eigenvalue weighted by Gasteiger charge is -2.24. The van der Waals surface area contributed by atoms with Gasteiger partial charge in [0.25, 0.3) is 0 Å². The van der Waals surface area contributed by atoms with Crippen molar-refractivity contribution in [3.63, 3.8) is 0 Å². The summed E-state index contributed by atoms with van der Waals surface area (Å²) in [5, 5.41) is 41.0. The van der Waals surface area contributed by atoms with Crippen molar-refractivity contribution >= 4 is 17.9 Å². The van der Waals surface area contributed by atoms with E-state index in [9.17, 15) is 29.7 Å². The van der Waals surface area contributed by atoms with E-state index in [1.54, 1.807) is 30.3 Å². The molecule has 3 saturated heterocycles. The van der Waals surface area contributed by atoms with Crippen LogP contribution in [0, 0.1) is 53.0 Å². The Labute approximate surface area is 324 Å². The van der Waals surface area contributed by atoms with Crippen LogP contribution in [-0.2, 0) is 58.2 Å². The predicted molar refractivity (Wildman–Crippen MR) is 201 cm³/mol. The summed E-state index contributed by atoms with van der Waals surface area (Å²) in [5.41, 5.74) is 2.42. The number of halogens is 3. The second-order valence-electron chi connectivity index (χ2n) is 15.6. The highest BCUT2D eigenvalue weighted by Crippen LogP contribution is 2.29. The highest BCUT2D eigenvalue weighted by Gasteiger charge is 2.33. The Hall–Kier alpha value is -4.34. The normalized spacial score (nSPS) is 21.3. The number of carbonyl (C=O) groups is 3. The maximum absolute atomic E-state index is 15.5. The fourth-order valence-corrected chi connectivity index (χ4v) is 8.50. The molecule has 0 aromatic heterocycles. The van der Waals surface area contributed by atoms with Crippen molar-refractivity contribution in [2.24, 2.45) is 35.5 Å². The first-order valence-electron chi connectivity index (χ1n) is 19.5. The van der Waals surface area contributed by atoms with Gasteiger partial charge in [-0.1, -0.05) is 36.4 Å². The first-order valence-corrected chi connectivity index (χ1v) is 19.5. The summed E-state index contributed by atoms with van der Waals surface area (Å²) in [6.45, 7) is 3.43. The Kier molecular flexibility index (Phi) is 14.2. The number of hydrogen-bond donors (Lipinski definition) is 6. The number of carboxylic acid groups (broad SMARTS) is 3. The molecule has 3 aliphatic rings. The molecule has 3 aromatic carbocycles. The molecular weight excluding hydrogens is 729 g/mol. The van der Waals surface area contributed by atoms with Gasteiger partial charge in [0.05, 0.1) is 30.9 Å². The molecule has 6 atom stereocenters. The zero-order chi connectivity index (χ0) is 39.8. The maximum Gasteiger partial charge on any atom is 0.307 e. The van der Waals surface area contributed by atoms with Crippen LogP contribution in [0.3, 0.4) is 0 Å². The number of nitrogens with one attached hydrogen (secondary N) is 3. The molecule has 0 amide bonds. The summed E-state index contributed by atoms with van der Waals surface area (Å²) in [7, 11) is 0. The van der Waals surface area contributed by atoms with Crippen molar-refractivity contribution in [2.45, 2.75) is 58.2 Å². The second kappa shape index (κ2) is 19.2. The fraction of sp³-hybridized carbons (Fsp3) is 0.500. The summed E-state index contributed by atoms with van der Waals surface area (Å²) in [6.07, 6.45) is 2.51. The summed E-state index contributed by atoms with van der Waals surface area (Å²) in [5.74, 6) is -6.89. The molecule has 302 valence electrons. The van der Waals surface area contributed by atoms with Gasteiger partial charge in [0, 0.05) is 17.7 Å². The van der Waals surface area contributed by atoms with E-state index < -0.39 is 53.1 Å². The van der Waals surface area contributed by atoms with Crippen molar-refractivity contribution in [1.82, 2.24) is 21.0 Å². The first kappa shape index (κ1) is 41.3. The molecule has 3 aliphatic heterocycles. The van der Waals surface area contributed by atoms with Gasteiger partial charge in [-0.15, -0.1) is 0 Å². The van der Waals surface area contributed by atoms with Gasteiger partial charge >= 0.3 is 17.9 Å². The summed E-state index contributed by atoms with van der Waals surface area (Å²) in [6, 6.07) is 13.3. The second-order valence-corrected chi connectivity index (χ2v) is 15.6. The van der Waals surface area contributed by atoms with Crippen LogP contribution in [0.5, 0.6) is 0 Å².